The summed E-state index contributed by atoms with van der Waals surface area (Å²) in [7, 11) is 0. The molecular weight excluding hydrogens is 286 g/mol. The summed E-state index contributed by atoms with van der Waals surface area (Å²) >= 11 is 0. The van der Waals surface area contributed by atoms with Gasteiger partial charge in [-0.1, -0.05) is 42.5 Å². The van der Waals surface area contributed by atoms with Crippen LogP contribution < -0.4 is 4.74 Å². The van der Waals surface area contributed by atoms with Crippen LogP contribution in [0.5, 0.6) is 5.75 Å². The molecule has 2 aromatic carbocycles. The van der Waals surface area contributed by atoms with Gasteiger partial charge in [0, 0.05) is 19.1 Å². The van der Waals surface area contributed by atoms with E-state index < -0.39 is 6.10 Å². The lowest BCUT2D eigenvalue weighted by Gasteiger charge is -2.29. The van der Waals surface area contributed by atoms with Crippen molar-refractivity contribution in [3.05, 3.63) is 65.7 Å². The fourth-order valence-corrected chi connectivity index (χ4v) is 2.50. The van der Waals surface area contributed by atoms with E-state index in [1.54, 1.807) is 0 Å². The topological polar surface area (TPSA) is 32.7 Å². The second-order valence-electron chi connectivity index (χ2n) is 6.23. The lowest BCUT2D eigenvalue weighted by atomic mass is 10.1. The fourth-order valence-electron chi connectivity index (χ4n) is 2.50. The van der Waals surface area contributed by atoms with Gasteiger partial charge in [-0.3, -0.25) is 4.90 Å². The third-order valence-electron chi connectivity index (χ3n) is 4.00. The molecule has 3 heteroatoms. The van der Waals surface area contributed by atoms with Crippen LogP contribution in [-0.4, -0.2) is 35.3 Å². The molecule has 0 radical (unpaired) electrons. The van der Waals surface area contributed by atoms with Crippen molar-refractivity contribution in [2.24, 2.45) is 0 Å². The molecular formula is C20H27NO2. The van der Waals surface area contributed by atoms with Gasteiger partial charge in [0.25, 0.3) is 0 Å². The van der Waals surface area contributed by atoms with E-state index in [4.69, 9.17) is 4.74 Å². The van der Waals surface area contributed by atoms with Crippen molar-refractivity contribution < 1.29 is 9.84 Å². The van der Waals surface area contributed by atoms with Crippen molar-refractivity contribution in [3.63, 3.8) is 0 Å². The molecule has 3 nitrogen and oxygen atoms in total. The molecule has 0 saturated carbocycles. The molecule has 0 bridgehead atoms. The Morgan fingerprint density at radius 1 is 1.00 bits per heavy atom. The van der Waals surface area contributed by atoms with Crippen LogP contribution in [0, 0.1) is 6.92 Å². The lowest BCUT2D eigenvalue weighted by molar-refractivity contribution is 0.0542. The summed E-state index contributed by atoms with van der Waals surface area (Å²) < 4.78 is 5.65. The highest BCUT2D eigenvalue weighted by Crippen LogP contribution is 2.14. The van der Waals surface area contributed by atoms with E-state index in [1.807, 2.05) is 30.3 Å². The van der Waals surface area contributed by atoms with Crippen LogP contribution in [0.15, 0.2) is 54.6 Å². The summed E-state index contributed by atoms with van der Waals surface area (Å²) in [6.07, 6.45) is -0.512. The van der Waals surface area contributed by atoms with Crippen LogP contribution in [-0.2, 0) is 6.54 Å². The summed E-state index contributed by atoms with van der Waals surface area (Å²) in [4.78, 5) is 2.28. The number of hydrogen-bond donors (Lipinski definition) is 1. The maximum Gasteiger partial charge on any atom is 0.119 e. The predicted octanol–water partition coefficient (Wildman–Crippen LogP) is 3.65. The average Bonchev–Trinajstić information content (AvgIpc) is 2.55. The summed E-state index contributed by atoms with van der Waals surface area (Å²) in [5.74, 6) is 0.793. The number of benzene rings is 2. The highest BCUT2D eigenvalue weighted by molar-refractivity contribution is 5.25. The summed E-state index contributed by atoms with van der Waals surface area (Å²) in [5, 5.41) is 10.3. The molecule has 0 aromatic heterocycles. The van der Waals surface area contributed by atoms with Gasteiger partial charge in [0.1, 0.15) is 18.5 Å². The maximum absolute atomic E-state index is 10.3. The van der Waals surface area contributed by atoms with Gasteiger partial charge < -0.3 is 9.84 Å². The van der Waals surface area contributed by atoms with Gasteiger partial charge in [-0.2, -0.15) is 0 Å². The van der Waals surface area contributed by atoms with E-state index in [-0.39, 0.29) is 0 Å². The Morgan fingerprint density at radius 3 is 2.30 bits per heavy atom. The first-order valence-corrected chi connectivity index (χ1v) is 8.20. The van der Waals surface area contributed by atoms with Crippen molar-refractivity contribution in [1.29, 1.82) is 0 Å². The monoisotopic (exact) mass is 313 g/mol. The zero-order valence-corrected chi connectivity index (χ0v) is 14.3. The minimum absolute atomic E-state index is 0.307. The second-order valence-corrected chi connectivity index (χ2v) is 6.23. The van der Waals surface area contributed by atoms with Crippen molar-refractivity contribution in [1.82, 2.24) is 4.90 Å². The molecule has 2 aromatic rings. The highest BCUT2D eigenvalue weighted by Gasteiger charge is 2.16. The summed E-state index contributed by atoms with van der Waals surface area (Å²) in [6.45, 7) is 8.18. The van der Waals surface area contributed by atoms with Gasteiger partial charge in [0.15, 0.2) is 0 Å². The molecule has 23 heavy (non-hydrogen) atoms. The molecule has 0 fully saturated rings. The Morgan fingerprint density at radius 2 is 1.65 bits per heavy atom. The van der Waals surface area contributed by atoms with Gasteiger partial charge in [-0.15, -0.1) is 0 Å². The van der Waals surface area contributed by atoms with Gasteiger partial charge in [0.2, 0.25) is 0 Å². The van der Waals surface area contributed by atoms with Gasteiger partial charge in [-0.25, -0.2) is 0 Å². The quantitative estimate of drug-likeness (QED) is 0.807. The van der Waals surface area contributed by atoms with E-state index in [9.17, 15) is 5.11 Å². The molecule has 0 aliphatic carbocycles. The second kappa shape index (κ2) is 8.70. The molecule has 0 aliphatic rings. The Hall–Kier alpha value is -1.84. The zero-order chi connectivity index (χ0) is 16.7. The predicted molar refractivity (Wildman–Crippen MR) is 94.7 cm³/mol. The Kier molecular flexibility index (Phi) is 6.63. The number of aliphatic hydroxyl groups excluding tert-OH is 1. The van der Waals surface area contributed by atoms with Crippen molar-refractivity contribution in [2.45, 2.75) is 39.5 Å². The molecule has 0 aliphatic heterocycles. The summed E-state index contributed by atoms with van der Waals surface area (Å²) in [5.41, 5.74) is 2.59. The third-order valence-corrected chi connectivity index (χ3v) is 4.00. The largest absolute Gasteiger partial charge is 0.491 e. The van der Waals surface area contributed by atoms with E-state index in [0.29, 0.717) is 19.2 Å². The Labute approximate surface area is 139 Å². The number of para-hydroxylation sites is 1. The van der Waals surface area contributed by atoms with Gasteiger partial charge >= 0.3 is 0 Å². The lowest BCUT2D eigenvalue weighted by Crippen LogP contribution is -2.39. The maximum atomic E-state index is 10.3. The molecule has 2 rings (SSSR count). The van der Waals surface area contributed by atoms with Crippen molar-refractivity contribution in [2.75, 3.05) is 13.2 Å². The molecule has 0 unspecified atom stereocenters. The summed E-state index contributed by atoms with van der Waals surface area (Å²) in [6, 6.07) is 18.4. The van der Waals surface area contributed by atoms with Gasteiger partial charge in [-0.05, 0) is 44.0 Å². The minimum Gasteiger partial charge on any atom is -0.491 e. The Bertz CT molecular complexity index is 583. The number of hydrogen-bond acceptors (Lipinski definition) is 3. The van der Waals surface area contributed by atoms with Crippen molar-refractivity contribution >= 4 is 0 Å². The van der Waals surface area contributed by atoms with Crippen molar-refractivity contribution in [3.8, 4) is 5.75 Å². The number of nitrogens with zero attached hydrogens (tertiary/aromatic N) is 1. The average molecular weight is 313 g/mol. The van der Waals surface area contributed by atoms with Gasteiger partial charge in [0.05, 0.1) is 0 Å². The van der Waals surface area contributed by atoms with Crippen LogP contribution in [0.25, 0.3) is 0 Å². The molecule has 124 valence electrons. The number of rotatable bonds is 8. The standard InChI is InChI=1S/C20H27NO2/c1-16(2)21(13-18-10-8-7-9-17(18)3)14-19(22)15-23-20-11-5-4-6-12-20/h4-12,16,19,22H,13-15H2,1-3H3/t19-/m0/s1. The van der Waals surface area contributed by atoms with E-state index in [0.717, 1.165) is 12.3 Å². The Balaban J connectivity index is 1.90. The van der Waals surface area contributed by atoms with Crippen LogP contribution in [0.3, 0.4) is 0 Å². The fraction of sp³-hybridized carbons (Fsp3) is 0.400. The number of aryl methyl sites for hydroxylation is 1. The molecule has 0 spiro atoms. The first kappa shape index (κ1) is 17.5. The smallest absolute Gasteiger partial charge is 0.119 e. The normalized spacial score (nSPS) is 12.6. The number of ether oxygens (including phenoxy) is 1. The highest BCUT2D eigenvalue weighted by atomic mass is 16.5. The number of aliphatic hydroxyl groups is 1. The van der Waals surface area contributed by atoms with Crippen LogP contribution in [0.2, 0.25) is 0 Å². The minimum atomic E-state index is -0.512. The molecule has 0 heterocycles. The molecule has 0 saturated heterocycles. The van der Waals surface area contributed by atoms with Crippen LogP contribution in [0.4, 0.5) is 0 Å². The third kappa shape index (κ3) is 5.70. The van der Waals surface area contributed by atoms with Crippen LogP contribution >= 0.6 is 0 Å². The van der Waals surface area contributed by atoms with E-state index in [2.05, 4.69) is 49.9 Å². The SMILES string of the molecule is Cc1ccccc1CN(C[C@H](O)COc1ccccc1)C(C)C. The molecule has 1 N–H and O–H groups in total. The molecule has 1 atom stereocenters. The first-order chi connectivity index (χ1) is 11.1. The van der Waals surface area contributed by atoms with E-state index >= 15 is 0 Å². The first-order valence-electron chi connectivity index (χ1n) is 8.20. The zero-order valence-electron chi connectivity index (χ0n) is 14.3. The molecule has 0 amide bonds. The van der Waals surface area contributed by atoms with E-state index in [1.165, 1.54) is 11.1 Å². The van der Waals surface area contributed by atoms with Crippen LogP contribution in [0.1, 0.15) is 25.0 Å².